The van der Waals surface area contributed by atoms with Gasteiger partial charge in [-0.15, -0.1) is 0 Å². The zero-order valence-corrected chi connectivity index (χ0v) is 25.2. The molecular weight excluding hydrogens is 540 g/mol. The first-order chi connectivity index (χ1) is 20.1. The fraction of sp³-hybridized carbons (Fsp3) is 0.750. The molecule has 230 valence electrons. The zero-order chi connectivity index (χ0) is 29.8. The van der Waals surface area contributed by atoms with E-state index in [1.54, 1.807) is 45.6 Å². The van der Waals surface area contributed by atoms with Crippen molar-refractivity contribution in [2.24, 2.45) is 29.1 Å². The first kappa shape index (κ1) is 28.7. The van der Waals surface area contributed by atoms with Gasteiger partial charge < -0.3 is 34.5 Å². The summed E-state index contributed by atoms with van der Waals surface area (Å²) in [5.41, 5.74) is -3.57. The number of likely N-dealkylation sites (N-methyl/N-ethyl adjacent to an activating group) is 1. The molecular formula is C32H44N2O8. The number of esters is 1. The number of amides is 1. The number of fused-ring (bicyclic) bond motifs is 2. The summed E-state index contributed by atoms with van der Waals surface area (Å²) in [6, 6.07) is 6.89. The summed E-state index contributed by atoms with van der Waals surface area (Å²) < 4.78 is 25.1. The van der Waals surface area contributed by atoms with Crippen LogP contribution in [-0.4, -0.2) is 103 Å². The molecule has 3 N–H and O–H groups in total. The summed E-state index contributed by atoms with van der Waals surface area (Å²) in [7, 11) is 5.05. The van der Waals surface area contributed by atoms with Crippen LogP contribution in [0.15, 0.2) is 24.3 Å². The molecule has 6 fully saturated rings. The number of carbonyl (C=O) groups excluding carboxylic acids is 2. The normalized spacial score (nSPS) is 48.2. The molecule has 1 spiro atoms. The second-order valence-corrected chi connectivity index (χ2v) is 13.7. The second kappa shape index (κ2) is 9.46. The lowest BCUT2D eigenvalue weighted by atomic mass is 9.44. The van der Waals surface area contributed by atoms with E-state index in [1.165, 1.54) is 6.92 Å². The van der Waals surface area contributed by atoms with E-state index in [9.17, 15) is 19.8 Å². The maximum absolute atomic E-state index is 14.0. The number of benzene rings is 1. The van der Waals surface area contributed by atoms with E-state index >= 15 is 0 Å². The van der Waals surface area contributed by atoms with Crippen LogP contribution in [0.2, 0.25) is 0 Å². The standard InChI is InChI=1S/C32H44N2O8/c1-6-34-16-29(42-28(36)18-9-7-8-10-21(18)33-17(2)35)12-11-25(40-4)31-23(29)14-20(26(31)34)30(37)15-22(39-3)19-13-24(31)32(30,38)27(19)41-5/h7-10,19-20,22-27,37-38H,6,11-16H2,1-5H3,(H,33,35)/t19-,20?,22?,23-,24-,25?,26?,27?,29-,30+,31+,32+/m1/s1. The Kier molecular flexibility index (Phi) is 6.46. The minimum atomic E-state index is -1.48. The van der Waals surface area contributed by atoms with Crippen LogP contribution >= 0.6 is 0 Å². The lowest BCUT2D eigenvalue weighted by Gasteiger charge is -2.70. The molecule has 6 aliphatic rings. The quantitative estimate of drug-likeness (QED) is 0.414. The van der Waals surface area contributed by atoms with E-state index in [-0.39, 0.29) is 47.8 Å². The number of hydrogen-bond acceptors (Lipinski definition) is 9. The Morgan fingerprint density at radius 3 is 2.50 bits per heavy atom. The van der Waals surface area contributed by atoms with Crippen molar-refractivity contribution in [2.45, 2.75) is 87.1 Å². The van der Waals surface area contributed by atoms with Gasteiger partial charge in [-0.1, -0.05) is 19.1 Å². The SMILES string of the molecule is CCN1C[C@]2(OC(=O)c3ccccc3NC(C)=O)CCC(OC)[C@]34C1C(C[C@H]23)[C@@]1(O)CC(OC)[C@H]2C[C@H]4[C@]1(O)C2OC. The van der Waals surface area contributed by atoms with Crippen molar-refractivity contribution in [1.29, 1.82) is 0 Å². The van der Waals surface area contributed by atoms with Crippen LogP contribution in [0.25, 0.3) is 0 Å². The first-order valence-corrected chi connectivity index (χ1v) is 15.4. The number of ether oxygens (including phenoxy) is 4. The van der Waals surface area contributed by atoms with Crippen LogP contribution in [0, 0.1) is 29.1 Å². The number of rotatable bonds is 7. The van der Waals surface area contributed by atoms with Gasteiger partial charge in [-0.25, -0.2) is 4.79 Å². The Bertz CT molecular complexity index is 1290. The molecule has 10 nitrogen and oxygen atoms in total. The maximum atomic E-state index is 14.0. The first-order valence-electron chi connectivity index (χ1n) is 15.4. The molecule has 12 atom stereocenters. The molecule has 1 saturated heterocycles. The van der Waals surface area contributed by atoms with Crippen molar-refractivity contribution in [1.82, 2.24) is 4.90 Å². The summed E-state index contributed by atoms with van der Waals surface area (Å²) in [5, 5.41) is 28.4. The van der Waals surface area contributed by atoms with Gasteiger partial charge in [-0.05, 0) is 44.4 Å². The molecule has 5 aliphatic carbocycles. The van der Waals surface area contributed by atoms with Gasteiger partial charge in [-0.2, -0.15) is 0 Å². The fourth-order valence-electron chi connectivity index (χ4n) is 11.6. The van der Waals surface area contributed by atoms with E-state index in [4.69, 9.17) is 18.9 Å². The topological polar surface area (TPSA) is 127 Å². The number of piperidine rings is 1. The smallest absolute Gasteiger partial charge is 0.340 e. The van der Waals surface area contributed by atoms with Crippen molar-refractivity contribution in [3.63, 3.8) is 0 Å². The molecule has 1 heterocycles. The molecule has 0 aromatic heterocycles. The number of nitrogens with zero attached hydrogens (tertiary/aromatic N) is 1. The van der Waals surface area contributed by atoms with Crippen LogP contribution in [0.3, 0.4) is 0 Å². The predicted molar refractivity (Wildman–Crippen MR) is 152 cm³/mol. The van der Waals surface area contributed by atoms with Gasteiger partial charge in [0.15, 0.2) is 0 Å². The second-order valence-electron chi connectivity index (χ2n) is 13.7. The van der Waals surface area contributed by atoms with Gasteiger partial charge >= 0.3 is 5.97 Å². The third kappa shape index (κ3) is 3.21. The Balaban J connectivity index is 1.38. The van der Waals surface area contributed by atoms with Gasteiger partial charge in [0.1, 0.15) is 16.8 Å². The molecule has 5 unspecified atom stereocenters. The number of anilines is 1. The van der Waals surface area contributed by atoms with Gasteiger partial charge in [0.2, 0.25) is 5.91 Å². The van der Waals surface area contributed by atoms with Gasteiger partial charge in [0.05, 0.1) is 29.6 Å². The summed E-state index contributed by atoms with van der Waals surface area (Å²) in [6.07, 6.45) is 1.91. The van der Waals surface area contributed by atoms with Crippen LogP contribution in [-0.2, 0) is 23.7 Å². The van der Waals surface area contributed by atoms with E-state index in [1.807, 2.05) is 0 Å². The molecule has 7 bridgehead atoms. The summed E-state index contributed by atoms with van der Waals surface area (Å²) >= 11 is 0. The van der Waals surface area contributed by atoms with Gasteiger partial charge in [0, 0.05) is 76.3 Å². The summed E-state index contributed by atoms with van der Waals surface area (Å²) in [6.45, 7) is 4.79. The van der Waals surface area contributed by atoms with Crippen LogP contribution < -0.4 is 5.32 Å². The number of carbonyl (C=O) groups is 2. The highest BCUT2D eigenvalue weighted by Crippen LogP contribution is 2.79. The van der Waals surface area contributed by atoms with Crippen molar-refractivity contribution < 1.29 is 38.7 Å². The molecule has 1 aromatic carbocycles. The predicted octanol–water partition coefficient (Wildman–Crippen LogP) is 2.22. The van der Waals surface area contributed by atoms with E-state index < -0.39 is 34.3 Å². The van der Waals surface area contributed by atoms with Gasteiger partial charge in [0.25, 0.3) is 0 Å². The minimum Gasteiger partial charge on any atom is -0.454 e. The maximum Gasteiger partial charge on any atom is 0.340 e. The molecule has 1 aliphatic heterocycles. The third-order valence-corrected chi connectivity index (χ3v) is 12.6. The average Bonchev–Trinajstić information content (AvgIpc) is 3.39. The number of para-hydroxylation sites is 1. The highest BCUT2D eigenvalue weighted by Gasteiger charge is 2.89. The van der Waals surface area contributed by atoms with Crippen molar-refractivity contribution in [3.05, 3.63) is 29.8 Å². The Morgan fingerprint density at radius 1 is 1.07 bits per heavy atom. The molecule has 10 heteroatoms. The highest BCUT2D eigenvalue weighted by atomic mass is 16.6. The average molecular weight is 585 g/mol. The van der Waals surface area contributed by atoms with E-state index in [2.05, 4.69) is 17.1 Å². The molecule has 5 saturated carbocycles. The van der Waals surface area contributed by atoms with E-state index in [0.29, 0.717) is 56.4 Å². The van der Waals surface area contributed by atoms with Crippen LogP contribution in [0.1, 0.15) is 56.3 Å². The molecule has 1 aromatic rings. The number of likely N-dealkylation sites (tertiary alicyclic amines) is 1. The van der Waals surface area contributed by atoms with Crippen LogP contribution in [0.4, 0.5) is 5.69 Å². The number of aliphatic hydroxyl groups is 2. The monoisotopic (exact) mass is 584 g/mol. The number of nitrogens with one attached hydrogen (secondary N) is 1. The number of methoxy groups -OCH3 is 3. The lowest BCUT2D eigenvalue weighted by Crippen LogP contribution is -2.83. The largest absolute Gasteiger partial charge is 0.454 e. The fourth-order valence-corrected chi connectivity index (χ4v) is 11.6. The Morgan fingerprint density at radius 2 is 1.83 bits per heavy atom. The highest BCUT2D eigenvalue weighted by molar-refractivity contribution is 6.00. The van der Waals surface area contributed by atoms with E-state index in [0.717, 1.165) is 0 Å². The van der Waals surface area contributed by atoms with Crippen LogP contribution in [0.5, 0.6) is 0 Å². The molecule has 0 radical (unpaired) electrons. The summed E-state index contributed by atoms with van der Waals surface area (Å²) in [4.78, 5) is 28.3. The molecule has 42 heavy (non-hydrogen) atoms. The van der Waals surface area contributed by atoms with Crippen molar-refractivity contribution in [2.75, 3.05) is 39.7 Å². The van der Waals surface area contributed by atoms with Crippen molar-refractivity contribution in [3.8, 4) is 0 Å². The third-order valence-electron chi connectivity index (χ3n) is 12.6. The Labute approximate surface area is 247 Å². The lowest BCUT2D eigenvalue weighted by molar-refractivity contribution is -0.337. The minimum absolute atomic E-state index is 0.0432. The van der Waals surface area contributed by atoms with Crippen molar-refractivity contribution >= 4 is 17.6 Å². The van der Waals surface area contributed by atoms with Gasteiger partial charge in [-0.3, -0.25) is 9.69 Å². The summed E-state index contributed by atoms with van der Waals surface area (Å²) in [5.74, 6) is -1.54. The Hall–Kier alpha value is -2.08. The number of hydrogen-bond donors (Lipinski definition) is 3. The molecule has 1 amide bonds. The molecule has 7 rings (SSSR count). The zero-order valence-electron chi connectivity index (χ0n) is 25.2.